The van der Waals surface area contributed by atoms with Crippen LogP contribution in [0.5, 0.6) is 5.75 Å². The van der Waals surface area contributed by atoms with Crippen LogP contribution >= 0.6 is 0 Å². The number of rotatable bonds is 8. The molecule has 0 fully saturated rings. The lowest BCUT2D eigenvalue weighted by Gasteiger charge is -2.24. The van der Waals surface area contributed by atoms with Crippen LogP contribution in [0.2, 0.25) is 0 Å². The van der Waals surface area contributed by atoms with Crippen molar-refractivity contribution in [1.82, 2.24) is 9.97 Å². The zero-order valence-electron chi connectivity index (χ0n) is 17.9. The predicted molar refractivity (Wildman–Crippen MR) is 126 cm³/mol. The van der Waals surface area contributed by atoms with E-state index < -0.39 is 4.92 Å². The molecule has 0 aliphatic carbocycles. The summed E-state index contributed by atoms with van der Waals surface area (Å²) >= 11 is 0. The second kappa shape index (κ2) is 9.30. The molecule has 0 amide bonds. The Hall–Kier alpha value is -4.20. The fourth-order valence-corrected chi connectivity index (χ4v) is 3.68. The molecule has 0 aliphatic rings. The van der Waals surface area contributed by atoms with Crippen molar-refractivity contribution in [3.8, 4) is 5.75 Å². The van der Waals surface area contributed by atoms with E-state index in [2.05, 4.69) is 15.3 Å². The molecule has 8 nitrogen and oxygen atoms in total. The van der Waals surface area contributed by atoms with Gasteiger partial charge in [-0.05, 0) is 37.4 Å². The topological polar surface area (TPSA) is 93.4 Å². The second-order valence-corrected chi connectivity index (χ2v) is 6.95. The quantitative estimate of drug-likeness (QED) is 0.278. The summed E-state index contributed by atoms with van der Waals surface area (Å²) in [5.74, 6) is 0.914. The number of ether oxygens (including phenoxy) is 1. The number of nitro groups is 1. The number of hydrogen-bond donors (Lipinski definition) is 1. The Morgan fingerprint density at radius 2 is 1.75 bits per heavy atom. The normalized spacial score (nSPS) is 10.7. The van der Waals surface area contributed by atoms with E-state index in [-0.39, 0.29) is 17.3 Å². The maximum Gasteiger partial charge on any atom is 0.354 e. The van der Waals surface area contributed by atoms with Gasteiger partial charge in [0.25, 0.3) is 0 Å². The van der Waals surface area contributed by atoms with Crippen molar-refractivity contribution in [2.45, 2.75) is 13.8 Å². The van der Waals surface area contributed by atoms with Gasteiger partial charge in [-0.2, -0.15) is 0 Å². The van der Waals surface area contributed by atoms with Crippen LogP contribution in [-0.2, 0) is 0 Å². The van der Waals surface area contributed by atoms with Gasteiger partial charge < -0.3 is 15.0 Å². The lowest BCUT2D eigenvalue weighted by molar-refractivity contribution is -0.383. The summed E-state index contributed by atoms with van der Waals surface area (Å²) in [4.78, 5) is 22.1. The van der Waals surface area contributed by atoms with E-state index in [1.54, 1.807) is 12.1 Å². The molecule has 0 saturated heterocycles. The minimum atomic E-state index is -0.450. The van der Waals surface area contributed by atoms with Gasteiger partial charge in [-0.3, -0.25) is 10.1 Å². The van der Waals surface area contributed by atoms with Crippen molar-refractivity contribution in [2.24, 2.45) is 0 Å². The summed E-state index contributed by atoms with van der Waals surface area (Å²) in [5, 5.41) is 17.3. The van der Waals surface area contributed by atoms with Crippen LogP contribution in [0, 0.1) is 10.1 Å². The molecule has 0 saturated carbocycles. The lowest BCUT2D eigenvalue weighted by Crippen LogP contribution is -2.20. The Labute approximate surface area is 185 Å². The van der Waals surface area contributed by atoms with Gasteiger partial charge in [-0.15, -0.1) is 0 Å². The standard InChI is InChI=1S/C24H23N5O3/c1-3-28(20-14-9-11-17-10-5-6-12-18(17)20)24-22(29(30)31)23(25-16-26-24)27-19-13-7-8-15-21(19)32-4-2/h5-16H,3-4H2,1-2H3,(H,25,26,27). The highest BCUT2D eigenvalue weighted by Gasteiger charge is 2.28. The van der Waals surface area contributed by atoms with Gasteiger partial charge in [0.05, 0.1) is 22.9 Å². The molecule has 1 aromatic heterocycles. The molecular weight excluding hydrogens is 406 g/mol. The Balaban J connectivity index is 1.84. The number of hydrogen-bond acceptors (Lipinski definition) is 7. The first kappa shape index (κ1) is 21.0. The van der Waals surface area contributed by atoms with Crippen molar-refractivity contribution in [1.29, 1.82) is 0 Å². The van der Waals surface area contributed by atoms with Gasteiger partial charge in [-0.25, -0.2) is 9.97 Å². The smallest absolute Gasteiger partial charge is 0.354 e. The first-order chi connectivity index (χ1) is 15.6. The van der Waals surface area contributed by atoms with Crippen LogP contribution in [-0.4, -0.2) is 28.0 Å². The summed E-state index contributed by atoms with van der Waals surface area (Å²) in [6.07, 6.45) is 1.34. The summed E-state index contributed by atoms with van der Waals surface area (Å²) in [5.41, 5.74) is 1.23. The zero-order chi connectivity index (χ0) is 22.5. The summed E-state index contributed by atoms with van der Waals surface area (Å²) in [6.45, 7) is 4.78. The summed E-state index contributed by atoms with van der Waals surface area (Å²) < 4.78 is 5.64. The lowest BCUT2D eigenvalue weighted by atomic mass is 10.1. The molecule has 0 spiro atoms. The van der Waals surface area contributed by atoms with Crippen molar-refractivity contribution >= 4 is 39.5 Å². The van der Waals surface area contributed by atoms with Crippen molar-refractivity contribution < 1.29 is 9.66 Å². The Morgan fingerprint density at radius 3 is 2.53 bits per heavy atom. The first-order valence-electron chi connectivity index (χ1n) is 10.4. The first-order valence-corrected chi connectivity index (χ1v) is 10.4. The monoisotopic (exact) mass is 429 g/mol. The van der Waals surface area contributed by atoms with E-state index in [0.717, 1.165) is 16.5 Å². The Kier molecular flexibility index (Phi) is 6.12. The van der Waals surface area contributed by atoms with Crippen LogP contribution in [0.25, 0.3) is 10.8 Å². The van der Waals surface area contributed by atoms with Crippen LogP contribution in [0.4, 0.5) is 28.7 Å². The zero-order valence-corrected chi connectivity index (χ0v) is 17.9. The fraction of sp³-hybridized carbons (Fsp3) is 0.167. The summed E-state index contributed by atoms with van der Waals surface area (Å²) in [7, 11) is 0. The number of aromatic nitrogens is 2. The van der Waals surface area contributed by atoms with E-state index >= 15 is 0 Å². The molecule has 162 valence electrons. The summed E-state index contributed by atoms with van der Waals surface area (Å²) in [6, 6.07) is 21.1. The number of nitrogens with one attached hydrogen (secondary N) is 1. The molecule has 8 heteroatoms. The third-order valence-corrected chi connectivity index (χ3v) is 5.05. The second-order valence-electron chi connectivity index (χ2n) is 6.95. The van der Waals surface area contributed by atoms with Gasteiger partial charge in [0.15, 0.2) is 0 Å². The molecule has 4 aromatic rings. The number of para-hydroxylation sites is 2. The molecule has 1 heterocycles. The molecule has 1 N–H and O–H groups in total. The molecule has 0 unspecified atom stereocenters. The fourth-order valence-electron chi connectivity index (χ4n) is 3.68. The highest BCUT2D eigenvalue weighted by atomic mass is 16.6. The van der Waals surface area contributed by atoms with Crippen LogP contribution in [0.15, 0.2) is 73.1 Å². The number of nitrogens with zero attached hydrogens (tertiary/aromatic N) is 4. The average Bonchev–Trinajstić information content (AvgIpc) is 2.81. The van der Waals surface area contributed by atoms with Gasteiger partial charge in [-0.1, -0.05) is 48.5 Å². The average molecular weight is 429 g/mol. The van der Waals surface area contributed by atoms with Crippen LogP contribution in [0.1, 0.15) is 13.8 Å². The molecule has 32 heavy (non-hydrogen) atoms. The van der Waals surface area contributed by atoms with Gasteiger partial charge in [0, 0.05) is 11.9 Å². The molecule has 3 aromatic carbocycles. The number of benzene rings is 3. The third kappa shape index (κ3) is 4.02. The van der Waals surface area contributed by atoms with Gasteiger partial charge >= 0.3 is 5.69 Å². The maximum absolute atomic E-state index is 12.2. The van der Waals surface area contributed by atoms with Gasteiger partial charge in [0.1, 0.15) is 12.1 Å². The highest BCUT2D eigenvalue weighted by Crippen LogP contribution is 2.40. The van der Waals surface area contributed by atoms with Crippen LogP contribution in [0.3, 0.4) is 0 Å². The maximum atomic E-state index is 12.2. The minimum absolute atomic E-state index is 0.103. The number of fused-ring (bicyclic) bond motifs is 1. The SMILES string of the molecule is CCOc1ccccc1Nc1ncnc(N(CC)c2cccc3ccccc23)c1[N+](=O)[O-]. The van der Waals surface area contributed by atoms with Crippen LogP contribution < -0.4 is 15.0 Å². The van der Waals surface area contributed by atoms with Crippen molar-refractivity contribution in [3.05, 3.63) is 83.2 Å². The van der Waals surface area contributed by atoms with E-state index in [1.807, 2.05) is 73.3 Å². The molecule has 0 radical (unpaired) electrons. The van der Waals surface area contributed by atoms with E-state index in [9.17, 15) is 10.1 Å². The molecule has 0 atom stereocenters. The predicted octanol–water partition coefficient (Wildman–Crippen LogP) is 5.84. The number of anilines is 4. The van der Waals surface area contributed by atoms with Crippen molar-refractivity contribution in [3.63, 3.8) is 0 Å². The Bertz CT molecular complexity index is 1260. The molecule has 0 bridgehead atoms. The van der Waals surface area contributed by atoms with E-state index in [0.29, 0.717) is 24.6 Å². The molecule has 4 rings (SSSR count). The Morgan fingerprint density at radius 1 is 1.00 bits per heavy atom. The molecular formula is C24H23N5O3. The minimum Gasteiger partial charge on any atom is -0.492 e. The van der Waals surface area contributed by atoms with Crippen molar-refractivity contribution in [2.75, 3.05) is 23.4 Å². The van der Waals surface area contributed by atoms with E-state index in [4.69, 9.17) is 4.74 Å². The van der Waals surface area contributed by atoms with E-state index in [1.165, 1.54) is 6.33 Å². The third-order valence-electron chi connectivity index (χ3n) is 5.05. The molecule has 0 aliphatic heterocycles. The highest BCUT2D eigenvalue weighted by molar-refractivity contribution is 5.97. The largest absolute Gasteiger partial charge is 0.492 e. The van der Waals surface area contributed by atoms with Gasteiger partial charge in [0.2, 0.25) is 11.6 Å².